The minimum atomic E-state index is -0.00257. The SMILES string of the molecule is CCC(CC)(CBr)CNC(=O)c1scnc1C. The van der Waals surface area contributed by atoms with Crippen molar-refractivity contribution in [3.63, 3.8) is 0 Å². The first-order valence-electron chi connectivity index (χ1n) is 5.82. The van der Waals surface area contributed by atoms with E-state index in [-0.39, 0.29) is 11.3 Å². The van der Waals surface area contributed by atoms with E-state index in [1.807, 2.05) is 6.92 Å². The van der Waals surface area contributed by atoms with Crippen LogP contribution in [0.25, 0.3) is 0 Å². The summed E-state index contributed by atoms with van der Waals surface area (Å²) in [5, 5.41) is 3.93. The second kappa shape index (κ2) is 6.50. The van der Waals surface area contributed by atoms with Gasteiger partial charge in [-0.2, -0.15) is 0 Å². The largest absolute Gasteiger partial charge is 0.351 e. The highest BCUT2D eigenvalue weighted by molar-refractivity contribution is 9.09. The minimum Gasteiger partial charge on any atom is -0.351 e. The van der Waals surface area contributed by atoms with Crippen LogP contribution in [-0.2, 0) is 0 Å². The van der Waals surface area contributed by atoms with E-state index in [0.29, 0.717) is 6.54 Å². The van der Waals surface area contributed by atoms with E-state index < -0.39 is 0 Å². The van der Waals surface area contributed by atoms with Gasteiger partial charge in [0.1, 0.15) is 4.88 Å². The molecular weight excluding hydrogens is 300 g/mol. The van der Waals surface area contributed by atoms with Gasteiger partial charge in [-0.3, -0.25) is 4.79 Å². The molecule has 0 saturated heterocycles. The molecular formula is C12H19BrN2OS. The van der Waals surface area contributed by atoms with Crippen molar-refractivity contribution in [1.82, 2.24) is 10.3 Å². The lowest BCUT2D eigenvalue weighted by Crippen LogP contribution is -2.38. The van der Waals surface area contributed by atoms with E-state index in [1.54, 1.807) is 5.51 Å². The number of aromatic nitrogens is 1. The number of hydrogen-bond acceptors (Lipinski definition) is 3. The molecule has 1 aromatic heterocycles. The Morgan fingerprint density at radius 1 is 1.53 bits per heavy atom. The van der Waals surface area contributed by atoms with Crippen LogP contribution in [0.15, 0.2) is 5.51 Å². The maximum atomic E-state index is 12.0. The highest BCUT2D eigenvalue weighted by atomic mass is 79.9. The van der Waals surface area contributed by atoms with E-state index in [2.05, 4.69) is 40.1 Å². The number of thiazole rings is 1. The molecule has 0 aliphatic heterocycles. The molecule has 96 valence electrons. The Hall–Kier alpha value is -0.420. The fraction of sp³-hybridized carbons (Fsp3) is 0.667. The molecule has 0 aromatic carbocycles. The third kappa shape index (κ3) is 3.52. The van der Waals surface area contributed by atoms with Crippen LogP contribution in [0, 0.1) is 12.3 Å². The Labute approximate surface area is 115 Å². The van der Waals surface area contributed by atoms with Gasteiger partial charge in [-0.05, 0) is 25.2 Å². The lowest BCUT2D eigenvalue weighted by molar-refractivity contribution is 0.0935. The smallest absolute Gasteiger partial charge is 0.263 e. The molecule has 1 N–H and O–H groups in total. The van der Waals surface area contributed by atoms with E-state index in [0.717, 1.165) is 28.7 Å². The zero-order valence-corrected chi connectivity index (χ0v) is 12.9. The Morgan fingerprint density at radius 2 is 2.18 bits per heavy atom. The average molecular weight is 319 g/mol. The first kappa shape index (κ1) is 14.6. The summed E-state index contributed by atoms with van der Waals surface area (Å²) in [7, 11) is 0. The number of amides is 1. The van der Waals surface area contributed by atoms with Crippen LogP contribution in [0.2, 0.25) is 0 Å². The van der Waals surface area contributed by atoms with Crippen molar-refractivity contribution in [2.45, 2.75) is 33.6 Å². The summed E-state index contributed by atoms with van der Waals surface area (Å²) in [4.78, 5) is 16.8. The number of carbonyl (C=O) groups is 1. The highest BCUT2D eigenvalue weighted by Crippen LogP contribution is 2.28. The summed E-state index contributed by atoms with van der Waals surface area (Å²) in [6, 6.07) is 0. The van der Waals surface area contributed by atoms with E-state index in [1.165, 1.54) is 11.3 Å². The minimum absolute atomic E-state index is 0.00257. The lowest BCUT2D eigenvalue weighted by Gasteiger charge is -2.29. The Morgan fingerprint density at radius 3 is 2.59 bits per heavy atom. The van der Waals surface area contributed by atoms with Gasteiger partial charge in [0, 0.05) is 11.9 Å². The van der Waals surface area contributed by atoms with Crippen LogP contribution < -0.4 is 5.32 Å². The molecule has 0 aliphatic rings. The Bertz CT molecular complexity index is 366. The molecule has 0 aliphatic carbocycles. The molecule has 1 amide bonds. The van der Waals surface area contributed by atoms with Crippen molar-refractivity contribution in [2.24, 2.45) is 5.41 Å². The zero-order valence-electron chi connectivity index (χ0n) is 10.5. The monoisotopic (exact) mass is 318 g/mol. The van der Waals surface area contributed by atoms with Crippen LogP contribution in [0.3, 0.4) is 0 Å². The second-order valence-electron chi connectivity index (χ2n) is 4.29. The Kier molecular flexibility index (Phi) is 5.59. The van der Waals surface area contributed by atoms with Gasteiger partial charge in [0.25, 0.3) is 5.91 Å². The third-order valence-corrected chi connectivity index (χ3v) is 5.48. The van der Waals surface area contributed by atoms with Crippen molar-refractivity contribution in [2.75, 3.05) is 11.9 Å². The van der Waals surface area contributed by atoms with Crippen molar-refractivity contribution < 1.29 is 4.79 Å². The number of hydrogen-bond donors (Lipinski definition) is 1. The maximum absolute atomic E-state index is 12.0. The topological polar surface area (TPSA) is 42.0 Å². The molecule has 1 rings (SSSR count). The highest BCUT2D eigenvalue weighted by Gasteiger charge is 2.26. The second-order valence-corrected chi connectivity index (χ2v) is 5.71. The van der Waals surface area contributed by atoms with Gasteiger partial charge in [0.05, 0.1) is 11.2 Å². The maximum Gasteiger partial charge on any atom is 0.263 e. The normalized spacial score (nSPS) is 11.5. The lowest BCUT2D eigenvalue weighted by atomic mass is 9.84. The summed E-state index contributed by atoms with van der Waals surface area (Å²) in [5.74, 6) is -0.00257. The molecule has 0 unspecified atom stereocenters. The summed E-state index contributed by atoms with van der Waals surface area (Å²) in [5.41, 5.74) is 2.68. The van der Waals surface area contributed by atoms with Crippen LogP contribution in [0.5, 0.6) is 0 Å². The molecule has 3 nitrogen and oxygen atoms in total. The quantitative estimate of drug-likeness (QED) is 0.817. The molecule has 17 heavy (non-hydrogen) atoms. The Balaban J connectivity index is 2.62. The van der Waals surface area contributed by atoms with Gasteiger partial charge in [-0.25, -0.2) is 4.98 Å². The number of carbonyl (C=O) groups excluding carboxylic acids is 1. The molecule has 5 heteroatoms. The predicted octanol–water partition coefficient (Wildman–Crippen LogP) is 3.38. The third-order valence-electron chi connectivity index (χ3n) is 3.36. The van der Waals surface area contributed by atoms with Crippen molar-refractivity contribution in [1.29, 1.82) is 0 Å². The van der Waals surface area contributed by atoms with Crippen LogP contribution in [-0.4, -0.2) is 22.8 Å². The van der Waals surface area contributed by atoms with Gasteiger partial charge in [-0.15, -0.1) is 11.3 Å². The standard InChI is InChI=1S/C12H19BrN2OS/c1-4-12(5-2,6-13)7-14-11(16)10-9(3)15-8-17-10/h8H,4-7H2,1-3H3,(H,14,16). The van der Waals surface area contributed by atoms with Gasteiger partial charge in [-0.1, -0.05) is 29.8 Å². The molecule has 1 heterocycles. The van der Waals surface area contributed by atoms with E-state index >= 15 is 0 Å². The van der Waals surface area contributed by atoms with Gasteiger partial charge >= 0.3 is 0 Å². The molecule has 0 fully saturated rings. The number of nitrogens with one attached hydrogen (secondary N) is 1. The van der Waals surface area contributed by atoms with Crippen LogP contribution in [0.1, 0.15) is 42.1 Å². The van der Waals surface area contributed by atoms with Gasteiger partial charge < -0.3 is 5.32 Å². The average Bonchev–Trinajstić information content (AvgIpc) is 2.78. The number of aryl methyl sites for hydroxylation is 1. The molecule has 0 radical (unpaired) electrons. The molecule has 1 aromatic rings. The van der Waals surface area contributed by atoms with Crippen molar-refractivity contribution in [3.05, 3.63) is 16.1 Å². The number of nitrogens with zero attached hydrogens (tertiary/aromatic N) is 1. The summed E-state index contributed by atoms with van der Waals surface area (Å²) < 4.78 is 0. The summed E-state index contributed by atoms with van der Waals surface area (Å²) in [6.45, 7) is 6.90. The molecule has 0 atom stereocenters. The van der Waals surface area contributed by atoms with Gasteiger partial charge in [0.2, 0.25) is 0 Å². The van der Waals surface area contributed by atoms with Crippen molar-refractivity contribution in [3.8, 4) is 0 Å². The fourth-order valence-electron chi connectivity index (χ4n) is 1.60. The first-order chi connectivity index (χ1) is 8.08. The van der Waals surface area contributed by atoms with Crippen molar-refractivity contribution >= 4 is 33.2 Å². The molecule has 0 spiro atoms. The van der Waals surface area contributed by atoms with E-state index in [4.69, 9.17) is 0 Å². The number of halogens is 1. The van der Waals surface area contributed by atoms with Crippen LogP contribution in [0.4, 0.5) is 0 Å². The summed E-state index contributed by atoms with van der Waals surface area (Å²) >= 11 is 4.94. The fourth-order valence-corrected chi connectivity index (χ4v) is 3.31. The first-order valence-corrected chi connectivity index (χ1v) is 7.83. The summed E-state index contributed by atoms with van der Waals surface area (Å²) in [6.07, 6.45) is 2.10. The molecule has 0 bridgehead atoms. The predicted molar refractivity (Wildman–Crippen MR) is 76.0 cm³/mol. The zero-order chi connectivity index (χ0) is 12.9. The van der Waals surface area contributed by atoms with E-state index in [9.17, 15) is 4.79 Å². The number of alkyl halides is 1. The van der Waals surface area contributed by atoms with Gasteiger partial charge in [0.15, 0.2) is 0 Å². The molecule has 0 saturated carbocycles. The number of rotatable bonds is 6. The van der Waals surface area contributed by atoms with Crippen LogP contribution >= 0.6 is 27.3 Å².